The van der Waals surface area contributed by atoms with E-state index in [1.165, 1.54) is 6.20 Å². The summed E-state index contributed by atoms with van der Waals surface area (Å²) in [6.45, 7) is 2.71. The van der Waals surface area contributed by atoms with Gasteiger partial charge in [-0.15, -0.1) is 0 Å². The van der Waals surface area contributed by atoms with E-state index < -0.39 is 4.92 Å². The number of hydrogen-bond acceptors (Lipinski definition) is 6. The number of nitrogens with zero attached hydrogens (tertiary/aromatic N) is 2. The van der Waals surface area contributed by atoms with Crippen molar-refractivity contribution in [1.82, 2.24) is 4.98 Å². The molecule has 1 aliphatic rings. The van der Waals surface area contributed by atoms with Gasteiger partial charge in [-0.25, -0.2) is 4.98 Å². The van der Waals surface area contributed by atoms with Crippen LogP contribution in [0.4, 0.5) is 10.1 Å². The molecule has 0 radical (unpaired) electrons. The van der Waals surface area contributed by atoms with Gasteiger partial charge in [0.05, 0.1) is 11.0 Å². The average molecular weight is 243 g/mol. The maximum Gasteiger partial charge on any atom is 0.345 e. The third-order valence-corrected chi connectivity index (χ3v) is 3.38. The molecule has 1 fully saturated rings. The minimum Gasteiger partial charge on any atom is -0.378 e. The topological polar surface area (TPSA) is 77.3 Å². The second-order valence-corrected chi connectivity index (χ2v) is 4.66. The molecule has 1 aromatic heterocycles. The molecule has 0 spiro atoms. The molecular formula is C9H13N3O3S. The van der Waals surface area contributed by atoms with Crippen LogP contribution >= 0.6 is 11.3 Å². The number of hydrogen-bond donors (Lipinski definition) is 1. The Labute approximate surface area is 96.8 Å². The van der Waals surface area contributed by atoms with Crippen molar-refractivity contribution < 1.29 is 9.66 Å². The molecule has 0 saturated heterocycles. The van der Waals surface area contributed by atoms with E-state index in [0.717, 1.165) is 30.8 Å². The lowest BCUT2D eigenvalue weighted by atomic mass is 9.89. The van der Waals surface area contributed by atoms with E-state index in [-0.39, 0.29) is 5.00 Å². The van der Waals surface area contributed by atoms with Crippen molar-refractivity contribution in [3.8, 4) is 0 Å². The SMILES string of the molecule is CCOC1CC(Nc2ncc([N+](=O)[O-])s2)C1. The largest absolute Gasteiger partial charge is 0.378 e. The molecule has 2 rings (SSSR count). The zero-order valence-electron chi connectivity index (χ0n) is 8.88. The van der Waals surface area contributed by atoms with Crippen LogP contribution in [0.3, 0.4) is 0 Å². The number of ether oxygens (including phenoxy) is 1. The smallest absolute Gasteiger partial charge is 0.345 e. The van der Waals surface area contributed by atoms with Gasteiger partial charge < -0.3 is 10.1 Å². The molecule has 1 N–H and O–H groups in total. The molecule has 0 aliphatic heterocycles. The van der Waals surface area contributed by atoms with E-state index in [1.54, 1.807) is 0 Å². The van der Waals surface area contributed by atoms with Gasteiger partial charge in [0, 0.05) is 12.6 Å². The van der Waals surface area contributed by atoms with E-state index in [2.05, 4.69) is 10.3 Å². The fourth-order valence-electron chi connectivity index (χ4n) is 1.65. The molecule has 1 aliphatic carbocycles. The van der Waals surface area contributed by atoms with Crippen molar-refractivity contribution in [2.75, 3.05) is 11.9 Å². The normalized spacial score (nSPS) is 23.8. The first-order valence-electron chi connectivity index (χ1n) is 5.17. The molecule has 0 bridgehead atoms. The Balaban J connectivity index is 1.80. The summed E-state index contributed by atoms with van der Waals surface area (Å²) in [5.74, 6) is 0. The molecule has 16 heavy (non-hydrogen) atoms. The molecule has 1 heterocycles. The van der Waals surface area contributed by atoms with Crippen molar-refractivity contribution in [2.24, 2.45) is 0 Å². The van der Waals surface area contributed by atoms with E-state index in [1.807, 2.05) is 6.92 Å². The summed E-state index contributed by atoms with van der Waals surface area (Å²) in [5.41, 5.74) is 0. The van der Waals surface area contributed by atoms with E-state index in [0.29, 0.717) is 17.3 Å². The highest BCUT2D eigenvalue weighted by molar-refractivity contribution is 7.18. The zero-order chi connectivity index (χ0) is 11.5. The van der Waals surface area contributed by atoms with Gasteiger partial charge in [0.1, 0.15) is 6.20 Å². The Kier molecular flexibility index (Phi) is 3.35. The second kappa shape index (κ2) is 4.75. The van der Waals surface area contributed by atoms with E-state index in [9.17, 15) is 10.1 Å². The monoisotopic (exact) mass is 243 g/mol. The van der Waals surface area contributed by atoms with Gasteiger partial charge in [-0.3, -0.25) is 10.1 Å². The van der Waals surface area contributed by atoms with Gasteiger partial charge in [0.15, 0.2) is 5.13 Å². The Morgan fingerprint density at radius 2 is 2.50 bits per heavy atom. The highest BCUT2D eigenvalue weighted by Crippen LogP contribution is 2.30. The van der Waals surface area contributed by atoms with Gasteiger partial charge >= 0.3 is 5.00 Å². The van der Waals surface area contributed by atoms with Crippen molar-refractivity contribution in [1.29, 1.82) is 0 Å². The summed E-state index contributed by atoms with van der Waals surface area (Å²) in [5, 5.41) is 14.3. The lowest BCUT2D eigenvalue weighted by Crippen LogP contribution is -2.40. The maximum atomic E-state index is 10.4. The average Bonchev–Trinajstić information content (AvgIpc) is 2.63. The summed E-state index contributed by atoms with van der Waals surface area (Å²) in [6.07, 6.45) is 3.51. The number of aromatic nitrogens is 1. The third-order valence-electron chi connectivity index (χ3n) is 2.50. The van der Waals surface area contributed by atoms with Crippen LogP contribution in [0.25, 0.3) is 0 Å². The third kappa shape index (κ3) is 2.48. The molecule has 7 heteroatoms. The quantitative estimate of drug-likeness (QED) is 0.632. The molecule has 6 nitrogen and oxygen atoms in total. The standard InChI is InChI=1S/C9H13N3O3S/c1-2-15-7-3-6(4-7)11-9-10-5-8(16-9)12(13)14/h5-7H,2-4H2,1H3,(H,10,11). The lowest BCUT2D eigenvalue weighted by molar-refractivity contribution is -0.380. The maximum absolute atomic E-state index is 10.4. The molecule has 0 unspecified atom stereocenters. The second-order valence-electron chi connectivity index (χ2n) is 3.65. The minimum atomic E-state index is -0.424. The van der Waals surface area contributed by atoms with Crippen LogP contribution in [0.15, 0.2) is 6.20 Å². The molecule has 0 amide bonds. The summed E-state index contributed by atoms with van der Waals surface area (Å²) < 4.78 is 5.42. The van der Waals surface area contributed by atoms with Crippen LogP contribution in [0.5, 0.6) is 0 Å². The van der Waals surface area contributed by atoms with Crippen molar-refractivity contribution in [3.63, 3.8) is 0 Å². The molecule has 1 aromatic rings. The predicted molar refractivity (Wildman–Crippen MR) is 60.8 cm³/mol. The van der Waals surface area contributed by atoms with E-state index in [4.69, 9.17) is 4.74 Å². The Morgan fingerprint density at radius 3 is 3.06 bits per heavy atom. The van der Waals surface area contributed by atoms with Crippen molar-refractivity contribution >= 4 is 21.5 Å². The van der Waals surface area contributed by atoms with Gasteiger partial charge in [-0.1, -0.05) is 0 Å². The summed E-state index contributed by atoms with van der Waals surface area (Å²) >= 11 is 1.07. The van der Waals surface area contributed by atoms with Crippen LogP contribution in [-0.4, -0.2) is 28.7 Å². The summed E-state index contributed by atoms with van der Waals surface area (Å²) in [7, 11) is 0. The van der Waals surface area contributed by atoms with Crippen LogP contribution in [0.1, 0.15) is 19.8 Å². The van der Waals surface area contributed by atoms with Gasteiger partial charge in [0.25, 0.3) is 0 Å². The summed E-state index contributed by atoms with van der Waals surface area (Å²) in [6, 6.07) is 0.335. The Hall–Kier alpha value is -1.21. The highest BCUT2D eigenvalue weighted by atomic mass is 32.1. The van der Waals surface area contributed by atoms with Crippen molar-refractivity contribution in [2.45, 2.75) is 31.9 Å². The number of thiazole rings is 1. The predicted octanol–water partition coefficient (Wildman–Crippen LogP) is 2.03. The van der Waals surface area contributed by atoms with Gasteiger partial charge in [0.2, 0.25) is 0 Å². The fourth-order valence-corrected chi connectivity index (χ4v) is 2.36. The first kappa shape index (κ1) is 11.3. The number of nitrogens with one attached hydrogen (secondary N) is 1. The molecule has 1 saturated carbocycles. The number of anilines is 1. The van der Waals surface area contributed by atoms with Crippen LogP contribution in [0.2, 0.25) is 0 Å². The zero-order valence-corrected chi connectivity index (χ0v) is 9.70. The minimum absolute atomic E-state index is 0.0724. The summed E-state index contributed by atoms with van der Waals surface area (Å²) in [4.78, 5) is 14.0. The first-order valence-corrected chi connectivity index (χ1v) is 5.99. The Bertz CT molecular complexity index is 376. The van der Waals surface area contributed by atoms with Gasteiger partial charge in [-0.05, 0) is 31.1 Å². The molecule has 0 atom stereocenters. The molecular weight excluding hydrogens is 230 g/mol. The number of rotatable bonds is 5. The highest BCUT2D eigenvalue weighted by Gasteiger charge is 2.30. The van der Waals surface area contributed by atoms with Crippen LogP contribution < -0.4 is 5.32 Å². The van der Waals surface area contributed by atoms with Gasteiger partial charge in [-0.2, -0.15) is 0 Å². The first-order chi connectivity index (χ1) is 7.69. The fraction of sp³-hybridized carbons (Fsp3) is 0.667. The Morgan fingerprint density at radius 1 is 1.75 bits per heavy atom. The molecule has 88 valence electrons. The van der Waals surface area contributed by atoms with Crippen LogP contribution in [0, 0.1) is 10.1 Å². The van der Waals surface area contributed by atoms with Crippen molar-refractivity contribution in [3.05, 3.63) is 16.3 Å². The number of nitro groups is 1. The lowest BCUT2D eigenvalue weighted by Gasteiger charge is -2.35. The molecule has 0 aromatic carbocycles. The van der Waals surface area contributed by atoms with E-state index >= 15 is 0 Å². The van der Waals surface area contributed by atoms with Crippen LogP contribution in [-0.2, 0) is 4.74 Å².